The second kappa shape index (κ2) is 6.83. The molecular weight excluding hydrogens is 298 g/mol. The molecule has 116 valence electrons. The SMILES string of the molecule is Cc1nnsc1C(=O)NCC1CCN(c2ccccn2)CC1. The molecule has 1 aliphatic heterocycles. The fraction of sp³-hybridized carbons (Fsp3) is 0.467. The van der Waals surface area contributed by atoms with E-state index in [9.17, 15) is 4.79 Å². The van der Waals surface area contributed by atoms with Gasteiger partial charge in [-0.1, -0.05) is 10.6 Å². The summed E-state index contributed by atoms with van der Waals surface area (Å²) in [6, 6.07) is 5.99. The predicted molar refractivity (Wildman–Crippen MR) is 86.2 cm³/mol. The average molecular weight is 317 g/mol. The van der Waals surface area contributed by atoms with Crippen molar-refractivity contribution >= 4 is 23.3 Å². The van der Waals surface area contributed by atoms with E-state index >= 15 is 0 Å². The summed E-state index contributed by atoms with van der Waals surface area (Å²) in [6.45, 7) is 4.49. The van der Waals surface area contributed by atoms with Gasteiger partial charge in [0.1, 0.15) is 10.7 Å². The maximum Gasteiger partial charge on any atom is 0.264 e. The molecule has 1 fully saturated rings. The highest BCUT2D eigenvalue weighted by molar-refractivity contribution is 7.07. The number of rotatable bonds is 4. The largest absolute Gasteiger partial charge is 0.357 e. The molecule has 0 saturated carbocycles. The van der Waals surface area contributed by atoms with Crippen LogP contribution in [0, 0.1) is 12.8 Å². The van der Waals surface area contributed by atoms with Gasteiger partial charge in [-0.05, 0) is 49.3 Å². The number of piperidine rings is 1. The van der Waals surface area contributed by atoms with E-state index in [1.807, 2.05) is 31.3 Å². The number of aromatic nitrogens is 3. The predicted octanol–water partition coefficient (Wildman–Crippen LogP) is 1.89. The van der Waals surface area contributed by atoms with Gasteiger partial charge >= 0.3 is 0 Å². The molecule has 0 atom stereocenters. The Bertz CT molecular complexity index is 622. The molecule has 1 amide bonds. The van der Waals surface area contributed by atoms with Crippen LogP contribution in [0.3, 0.4) is 0 Å². The summed E-state index contributed by atoms with van der Waals surface area (Å²) in [7, 11) is 0. The maximum atomic E-state index is 12.1. The Morgan fingerprint density at radius 3 is 2.86 bits per heavy atom. The highest BCUT2D eigenvalue weighted by Crippen LogP contribution is 2.21. The quantitative estimate of drug-likeness (QED) is 0.932. The fourth-order valence-corrected chi connectivity index (χ4v) is 3.24. The number of aryl methyl sites for hydroxylation is 1. The van der Waals surface area contributed by atoms with Gasteiger partial charge in [0.25, 0.3) is 5.91 Å². The molecule has 0 radical (unpaired) electrons. The Balaban J connectivity index is 1.46. The van der Waals surface area contributed by atoms with Crippen LogP contribution in [0.1, 0.15) is 28.2 Å². The fourth-order valence-electron chi connectivity index (χ4n) is 2.66. The summed E-state index contributed by atoms with van der Waals surface area (Å²) in [5.74, 6) is 1.50. The molecule has 0 spiro atoms. The van der Waals surface area contributed by atoms with Crippen molar-refractivity contribution < 1.29 is 4.79 Å². The average Bonchev–Trinajstić information content (AvgIpc) is 3.00. The molecule has 3 heterocycles. The summed E-state index contributed by atoms with van der Waals surface area (Å²) >= 11 is 1.15. The lowest BCUT2D eigenvalue weighted by molar-refractivity contribution is 0.0948. The Labute approximate surface area is 133 Å². The number of nitrogens with zero attached hydrogens (tertiary/aromatic N) is 4. The third kappa shape index (κ3) is 3.41. The molecule has 1 aliphatic rings. The number of hydrogen-bond donors (Lipinski definition) is 1. The van der Waals surface area contributed by atoms with Crippen LogP contribution in [0.15, 0.2) is 24.4 Å². The van der Waals surface area contributed by atoms with Crippen LogP contribution in [0.25, 0.3) is 0 Å². The third-order valence-corrected chi connectivity index (χ3v) is 4.82. The number of pyridine rings is 1. The van der Waals surface area contributed by atoms with Crippen LogP contribution in [0.5, 0.6) is 0 Å². The van der Waals surface area contributed by atoms with Gasteiger partial charge < -0.3 is 10.2 Å². The van der Waals surface area contributed by atoms with Crippen molar-refractivity contribution in [3.63, 3.8) is 0 Å². The molecule has 1 N–H and O–H groups in total. The van der Waals surface area contributed by atoms with Crippen LogP contribution in [0.2, 0.25) is 0 Å². The van der Waals surface area contributed by atoms with Crippen LogP contribution in [-0.2, 0) is 0 Å². The molecule has 22 heavy (non-hydrogen) atoms. The number of anilines is 1. The van der Waals surface area contributed by atoms with Crippen LogP contribution < -0.4 is 10.2 Å². The monoisotopic (exact) mass is 317 g/mol. The highest BCUT2D eigenvalue weighted by Gasteiger charge is 2.21. The van der Waals surface area contributed by atoms with E-state index in [4.69, 9.17) is 0 Å². The molecule has 1 saturated heterocycles. The molecule has 2 aromatic rings. The molecule has 3 rings (SSSR count). The lowest BCUT2D eigenvalue weighted by Crippen LogP contribution is -2.39. The van der Waals surface area contributed by atoms with Gasteiger partial charge in [-0.3, -0.25) is 4.79 Å². The molecule has 0 unspecified atom stereocenters. The smallest absolute Gasteiger partial charge is 0.264 e. The number of nitrogens with one attached hydrogen (secondary N) is 1. The summed E-state index contributed by atoms with van der Waals surface area (Å²) < 4.78 is 3.80. The number of carbonyl (C=O) groups is 1. The first kappa shape index (κ1) is 14.9. The van der Waals surface area contributed by atoms with E-state index in [0.29, 0.717) is 23.0 Å². The first-order chi connectivity index (χ1) is 10.7. The second-order valence-electron chi connectivity index (χ2n) is 5.52. The zero-order valence-electron chi connectivity index (χ0n) is 12.5. The zero-order valence-corrected chi connectivity index (χ0v) is 13.3. The van der Waals surface area contributed by atoms with E-state index in [1.54, 1.807) is 0 Å². The van der Waals surface area contributed by atoms with Gasteiger partial charge in [0, 0.05) is 25.8 Å². The van der Waals surface area contributed by atoms with E-state index in [-0.39, 0.29) is 5.91 Å². The number of amides is 1. The molecule has 0 bridgehead atoms. The third-order valence-electron chi connectivity index (χ3n) is 4.00. The molecule has 7 heteroatoms. The molecule has 6 nitrogen and oxygen atoms in total. The van der Waals surface area contributed by atoms with Gasteiger partial charge in [-0.2, -0.15) is 0 Å². The maximum absolute atomic E-state index is 12.1. The zero-order chi connectivity index (χ0) is 15.4. The van der Waals surface area contributed by atoms with Gasteiger partial charge in [-0.15, -0.1) is 5.10 Å². The van der Waals surface area contributed by atoms with Crippen molar-refractivity contribution in [1.82, 2.24) is 19.9 Å². The van der Waals surface area contributed by atoms with Crippen molar-refractivity contribution in [3.05, 3.63) is 35.0 Å². The molecular formula is C15H19N5OS. The van der Waals surface area contributed by atoms with Gasteiger partial charge in [0.05, 0.1) is 5.69 Å². The van der Waals surface area contributed by atoms with Crippen molar-refractivity contribution in [3.8, 4) is 0 Å². The normalized spacial score (nSPS) is 15.8. The Hall–Kier alpha value is -2.02. The van der Waals surface area contributed by atoms with Crippen molar-refractivity contribution in [2.24, 2.45) is 5.92 Å². The lowest BCUT2D eigenvalue weighted by atomic mass is 9.96. The topological polar surface area (TPSA) is 71.0 Å². The van der Waals surface area contributed by atoms with E-state index in [2.05, 4.69) is 24.8 Å². The van der Waals surface area contributed by atoms with Gasteiger partial charge in [0.15, 0.2) is 0 Å². The molecule has 0 aromatic carbocycles. The Kier molecular flexibility index (Phi) is 4.62. The minimum Gasteiger partial charge on any atom is -0.357 e. The Morgan fingerprint density at radius 2 is 2.23 bits per heavy atom. The van der Waals surface area contributed by atoms with Gasteiger partial charge in [-0.25, -0.2) is 4.98 Å². The van der Waals surface area contributed by atoms with Gasteiger partial charge in [0.2, 0.25) is 0 Å². The molecule has 2 aromatic heterocycles. The van der Waals surface area contributed by atoms with Crippen molar-refractivity contribution in [2.45, 2.75) is 19.8 Å². The summed E-state index contributed by atoms with van der Waals surface area (Å²) in [4.78, 5) is 19.4. The standard InChI is InChI=1S/C15H19N5OS/c1-11-14(22-19-18-11)15(21)17-10-12-5-8-20(9-6-12)13-4-2-3-7-16-13/h2-4,7,12H,5-6,8-10H2,1H3,(H,17,21). The first-order valence-electron chi connectivity index (χ1n) is 7.47. The summed E-state index contributed by atoms with van der Waals surface area (Å²) in [5, 5.41) is 6.88. The minimum absolute atomic E-state index is 0.0559. The van der Waals surface area contributed by atoms with Crippen molar-refractivity contribution in [1.29, 1.82) is 0 Å². The van der Waals surface area contributed by atoms with E-state index < -0.39 is 0 Å². The minimum atomic E-state index is -0.0559. The lowest BCUT2D eigenvalue weighted by Gasteiger charge is -2.32. The van der Waals surface area contributed by atoms with Crippen molar-refractivity contribution in [2.75, 3.05) is 24.5 Å². The number of hydrogen-bond acceptors (Lipinski definition) is 6. The molecule has 0 aliphatic carbocycles. The van der Waals surface area contributed by atoms with E-state index in [1.165, 1.54) is 0 Å². The van der Waals surface area contributed by atoms with Crippen LogP contribution in [-0.4, -0.2) is 40.1 Å². The van der Waals surface area contributed by atoms with E-state index in [0.717, 1.165) is 43.3 Å². The summed E-state index contributed by atoms with van der Waals surface area (Å²) in [6.07, 6.45) is 3.96. The highest BCUT2D eigenvalue weighted by atomic mass is 32.1. The first-order valence-corrected chi connectivity index (χ1v) is 8.24. The Morgan fingerprint density at radius 1 is 1.41 bits per heavy atom. The van der Waals surface area contributed by atoms with Crippen LogP contribution >= 0.6 is 11.5 Å². The summed E-state index contributed by atoms with van der Waals surface area (Å²) in [5.41, 5.74) is 0.701. The van der Waals surface area contributed by atoms with Crippen LogP contribution in [0.4, 0.5) is 5.82 Å². The number of carbonyl (C=O) groups excluding carboxylic acids is 1. The second-order valence-corrected chi connectivity index (χ2v) is 6.27.